The molecule has 0 bridgehead atoms. The maximum atomic E-state index is 12.9. The van der Waals surface area contributed by atoms with Gasteiger partial charge in [0.05, 0.1) is 0 Å². The zero-order valence-electron chi connectivity index (χ0n) is 7.24. The van der Waals surface area contributed by atoms with E-state index in [9.17, 15) is 4.39 Å². The molecule has 0 spiro atoms. The van der Waals surface area contributed by atoms with Crippen LogP contribution in [0.2, 0.25) is 0 Å². The summed E-state index contributed by atoms with van der Waals surface area (Å²) in [6, 6.07) is 6.30. The molecular formula is C10H12FNO. The number of nitrogens with two attached hydrogens (primary N) is 1. The minimum atomic E-state index is -0.344. The highest BCUT2D eigenvalue weighted by Gasteiger charge is 1.98. The second kappa shape index (κ2) is 5.32. The van der Waals surface area contributed by atoms with E-state index in [1.807, 2.05) is 0 Å². The van der Waals surface area contributed by atoms with Crippen molar-refractivity contribution in [2.24, 2.45) is 5.73 Å². The summed E-state index contributed by atoms with van der Waals surface area (Å²) >= 11 is 0. The van der Waals surface area contributed by atoms with Gasteiger partial charge in [-0.2, -0.15) is 0 Å². The molecule has 0 unspecified atom stereocenters. The summed E-state index contributed by atoms with van der Waals surface area (Å²) < 4.78 is 18.0. The predicted octanol–water partition coefficient (Wildman–Crippen LogP) is 1.72. The van der Waals surface area contributed by atoms with Gasteiger partial charge < -0.3 is 10.5 Å². The Balaban J connectivity index is 2.45. The molecule has 0 heterocycles. The van der Waals surface area contributed by atoms with Crippen molar-refractivity contribution in [3.8, 4) is 5.75 Å². The summed E-state index contributed by atoms with van der Waals surface area (Å²) in [4.78, 5) is 0. The van der Waals surface area contributed by atoms with E-state index in [1.54, 1.807) is 30.4 Å². The van der Waals surface area contributed by atoms with Crippen molar-refractivity contribution < 1.29 is 9.13 Å². The molecule has 0 aromatic heterocycles. The summed E-state index contributed by atoms with van der Waals surface area (Å²) in [7, 11) is 0. The molecule has 0 aliphatic rings. The lowest BCUT2D eigenvalue weighted by Crippen LogP contribution is -1.98. The van der Waals surface area contributed by atoms with Crippen LogP contribution in [0.15, 0.2) is 36.4 Å². The second-order valence-corrected chi connectivity index (χ2v) is 2.45. The number of ether oxygens (including phenoxy) is 1. The van der Waals surface area contributed by atoms with Gasteiger partial charge in [0.25, 0.3) is 0 Å². The van der Waals surface area contributed by atoms with Gasteiger partial charge in [-0.25, -0.2) is 4.39 Å². The largest absolute Gasteiger partial charge is 0.486 e. The molecule has 13 heavy (non-hydrogen) atoms. The van der Waals surface area contributed by atoms with Gasteiger partial charge in [0, 0.05) is 6.54 Å². The highest BCUT2D eigenvalue weighted by atomic mass is 19.1. The second-order valence-electron chi connectivity index (χ2n) is 2.45. The SMILES string of the molecule is NC/C=C/COc1ccccc1F. The number of hydrogen-bond donors (Lipinski definition) is 1. The monoisotopic (exact) mass is 181 g/mol. The molecule has 1 aromatic rings. The number of para-hydroxylation sites is 1. The van der Waals surface area contributed by atoms with E-state index in [0.29, 0.717) is 13.2 Å². The number of benzene rings is 1. The van der Waals surface area contributed by atoms with Gasteiger partial charge in [-0.1, -0.05) is 24.3 Å². The fourth-order valence-electron chi connectivity index (χ4n) is 0.864. The van der Waals surface area contributed by atoms with Crippen LogP contribution in [0.4, 0.5) is 4.39 Å². The zero-order chi connectivity index (χ0) is 9.52. The van der Waals surface area contributed by atoms with Crippen molar-refractivity contribution in [1.29, 1.82) is 0 Å². The first-order valence-corrected chi connectivity index (χ1v) is 4.07. The molecule has 0 saturated carbocycles. The van der Waals surface area contributed by atoms with Crippen LogP contribution in [0.1, 0.15) is 0 Å². The van der Waals surface area contributed by atoms with Crippen molar-refractivity contribution >= 4 is 0 Å². The van der Waals surface area contributed by atoms with Gasteiger partial charge in [0.15, 0.2) is 11.6 Å². The first-order chi connectivity index (χ1) is 6.34. The Kier molecular flexibility index (Phi) is 3.99. The van der Waals surface area contributed by atoms with Gasteiger partial charge in [-0.15, -0.1) is 0 Å². The smallest absolute Gasteiger partial charge is 0.165 e. The summed E-state index contributed by atoms with van der Waals surface area (Å²) in [6.45, 7) is 0.818. The molecule has 70 valence electrons. The van der Waals surface area contributed by atoms with Gasteiger partial charge in [0.2, 0.25) is 0 Å². The van der Waals surface area contributed by atoms with Crippen molar-refractivity contribution in [2.45, 2.75) is 0 Å². The van der Waals surface area contributed by atoms with Crippen LogP contribution in [0.5, 0.6) is 5.75 Å². The van der Waals surface area contributed by atoms with E-state index in [2.05, 4.69) is 0 Å². The molecule has 0 atom stereocenters. The topological polar surface area (TPSA) is 35.2 Å². The molecule has 0 aliphatic heterocycles. The summed E-state index contributed by atoms with van der Waals surface area (Å²) in [5, 5.41) is 0. The van der Waals surface area contributed by atoms with Gasteiger partial charge in [-0.3, -0.25) is 0 Å². The average molecular weight is 181 g/mol. The lowest BCUT2D eigenvalue weighted by molar-refractivity contribution is 0.341. The molecular weight excluding hydrogens is 169 g/mol. The fraction of sp³-hybridized carbons (Fsp3) is 0.200. The third-order valence-electron chi connectivity index (χ3n) is 1.47. The highest BCUT2D eigenvalue weighted by molar-refractivity contribution is 5.23. The molecule has 1 rings (SSSR count). The maximum absolute atomic E-state index is 12.9. The van der Waals surface area contributed by atoms with Crippen molar-refractivity contribution in [3.63, 3.8) is 0 Å². The van der Waals surface area contributed by atoms with Crippen LogP contribution >= 0.6 is 0 Å². The van der Waals surface area contributed by atoms with Crippen LogP contribution in [-0.4, -0.2) is 13.2 Å². The first kappa shape index (κ1) is 9.74. The standard InChI is InChI=1S/C10H12FNO/c11-9-5-1-2-6-10(9)13-8-4-3-7-12/h1-6H,7-8,12H2/b4-3+. The van der Waals surface area contributed by atoms with Gasteiger partial charge in [0.1, 0.15) is 6.61 Å². The van der Waals surface area contributed by atoms with Gasteiger partial charge in [-0.05, 0) is 12.1 Å². The number of halogens is 1. The van der Waals surface area contributed by atoms with E-state index in [4.69, 9.17) is 10.5 Å². The average Bonchev–Trinajstić information content (AvgIpc) is 2.15. The summed E-state index contributed by atoms with van der Waals surface area (Å²) in [5.41, 5.74) is 5.22. The van der Waals surface area contributed by atoms with E-state index in [-0.39, 0.29) is 11.6 Å². The molecule has 3 heteroatoms. The normalized spacial score (nSPS) is 10.6. The molecule has 1 aromatic carbocycles. The highest BCUT2D eigenvalue weighted by Crippen LogP contribution is 2.14. The molecule has 0 amide bonds. The van der Waals surface area contributed by atoms with Crippen LogP contribution in [-0.2, 0) is 0 Å². The quantitative estimate of drug-likeness (QED) is 0.718. The summed E-state index contributed by atoms with van der Waals surface area (Å²) in [6.07, 6.45) is 3.52. The molecule has 2 N–H and O–H groups in total. The Morgan fingerprint density at radius 3 is 2.77 bits per heavy atom. The molecule has 2 nitrogen and oxygen atoms in total. The molecule has 0 fully saturated rings. The van der Waals surface area contributed by atoms with E-state index in [0.717, 1.165) is 0 Å². The lowest BCUT2D eigenvalue weighted by Gasteiger charge is -2.02. The first-order valence-electron chi connectivity index (χ1n) is 4.07. The zero-order valence-corrected chi connectivity index (χ0v) is 7.24. The molecule has 0 saturated heterocycles. The Labute approximate surface area is 76.8 Å². The lowest BCUT2D eigenvalue weighted by atomic mass is 10.3. The Morgan fingerprint density at radius 1 is 1.31 bits per heavy atom. The van der Waals surface area contributed by atoms with E-state index < -0.39 is 0 Å². The van der Waals surface area contributed by atoms with Crippen LogP contribution < -0.4 is 10.5 Å². The number of rotatable bonds is 4. The van der Waals surface area contributed by atoms with Crippen molar-refractivity contribution in [3.05, 3.63) is 42.2 Å². The fourth-order valence-corrected chi connectivity index (χ4v) is 0.864. The van der Waals surface area contributed by atoms with Crippen molar-refractivity contribution in [1.82, 2.24) is 0 Å². The van der Waals surface area contributed by atoms with Crippen LogP contribution in [0.25, 0.3) is 0 Å². The minimum Gasteiger partial charge on any atom is -0.486 e. The Bertz CT molecular complexity index is 286. The molecule has 0 radical (unpaired) electrons. The van der Waals surface area contributed by atoms with Gasteiger partial charge >= 0.3 is 0 Å². The van der Waals surface area contributed by atoms with Crippen LogP contribution in [0.3, 0.4) is 0 Å². The van der Waals surface area contributed by atoms with Crippen molar-refractivity contribution in [2.75, 3.05) is 13.2 Å². The Hall–Kier alpha value is -1.35. The Morgan fingerprint density at radius 2 is 2.08 bits per heavy atom. The summed E-state index contributed by atoms with van der Waals surface area (Å²) in [5.74, 6) is -0.0761. The minimum absolute atomic E-state index is 0.268. The van der Waals surface area contributed by atoms with E-state index >= 15 is 0 Å². The van der Waals surface area contributed by atoms with E-state index in [1.165, 1.54) is 6.07 Å². The van der Waals surface area contributed by atoms with Crippen LogP contribution in [0, 0.1) is 5.82 Å². The number of hydrogen-bond acceptors (Lipinski definition) is 2. The maximum Gasteiger partial charge on any atom is 0.165 e. The molecule has 0 aliphatic carbocycles. The third-order valence-corrected chi connectivity index (χ3v) is 1.47. The predicted molar refractivity (Wildman–Crippen MR) is 50.1 cm³/mol. The third kappa shape index (κ3) is 3.25.